The molecule has 17 heavy (non-hydrogen) atoms. The third-order valence-electron chi connectivity index (χ3n) is 2.35. The molecule has 1 heterocycles. The molecule has 1 amide bonds. The van der Waals surface area contributed by atoms with Gasteiger partial charge in [-0.05, 0) is 39.8 Å². The Morgan fingerprint density at radius 3 is 2.71 bits per heavy atom. The summed E-state index contributed by atoms with van der Waals surface area (Å²) in [5.74, 6) is 0.813. The molecule has 0 aromatic carbocycles. The van der Waals surface area contributed by atoms with Crippen molar-refractivity contribution in [3.05, 3.63) is 24.2 Å². The summed E-state index contributed by atoms with van der Waals surface area (Å²) in [5, 5.41) is 6.17. The molecule has 96 valence electrons. The van der Waals surface area contributed by atoms with Crippen LogP contribution in [0.15, 0.2) is 22.8 Å². The van der Waals surface area contributed by atoms with Gasteiger partial charge in [-0.25, -0.2) is 0 Å². The van der Waals surface area contributed by atoms with Gasteiger partial charge in [0.1, 0.15) is 5.76 Å². The van der Waals surface area contributed by atoms with E-state index in [2.05, 4.69) is 31.4 Å². The lowest BCUT2D eigenvalue weighted by Gasteiger charge is -2.20. The van der Waals surface area contributed by atoms with Gasteiger partial charge in [-0.3, -0.25) is 4.79 Å². The van der Waals surface area contributed by atoms with Crippen molar-refractivity contribution in [1.82, 2.24) is 10.6 Å². The Morgan fingerprint density at radius 1 is 1.47 bits per heavy atom. The maximum Gasteiger partial charge on any atom is 0.221 e. The maximum absolute atomic E-state index is 11.6. The highest BCUT2D eigenvalue weighted by atomic mass is 16.3. The van der Waals surface area contributed by atoms with E-state index in [0.29, 0.717) is 13.0 Å². The van der Waals surface area contributed by atoms with Gasteiger partial charge in [0.05, 0.1) is 12.3 Å². The standard InChI is InChI=1S/C13H22N2O2/c1-10(11-6-5-9-17-11)15-12(16)7-8-14-13(2,3)4/h5-6,9-10,14H,7-8H2,1-4H3,(H,15,16)/t10-/m1/s1. The van der Waals surface area contributed by atoms with Crippen molar-refractivity contribution in [1.29, 1.82) is 0 Å². The molecule has 0 radical (unpaired) electrons. The smallest absolute Gasteiger partial charge is 0.221 e. The lowest BCUT2D eigenvalue weighted by molar-refractivity contribution is -0.121. The minimum absolute atomic E-state index is 0.0330. The quantitative estimate of drug-likeness (QED) is 0.827. The molecule has 4 heteroatoms. The van der Waals surface area contributed by atoms with Crippen LogP contribution in [0.2, 0.25) is 0 Å². The van der Waals surface area contributed by atoms with Gasteiger partial charge in [0.15, 0.2) is 0 Å². The van der Waals surface area contributed by atoms with E-state index in [1.807, 2.05) is 19.1 Å². The number of nitrogens with one attached hydrogen (secondary N) is 2. The summed E-state index contributed by atoms with van der Waals surface area (Å²) >= 11 is 0. The van der Waals surface area contributed by atoms with Crippen LogP contribution < -0.4 is 10.6 Å². The molecule has 0 aliphatic heterocycles. The summed E-state index contributed by atoms with van der Waals surface area (Å²) in [5.41, 5.74) is 0.0485. The van der Waals surface area contributed by atoms with Crippen LogP contribution in [-0.2, 0) is 4.79 Å². The number of carbonyl (C=O) groups excluding carboxylic acids is 1. The molecule has 1 aromatic rings. The number of rotatable bonds is 5. The van der Waals surface area contributed by atoms with Crippen LogP contribution in [0.3, 0.4) is 0 Å². The van der Waals surface area contributed by atoms with Gasteiger partial charge < -0.3 is 15.1 Å². The van der Waals surface area contributed by atoms with E-state index in [0.717, 1.165) is 5.76 Å². The van der Waals surface area contributed by atoms with E-state index in [4.69, 9.17) is 4.42 Å². The second-order valence-corrected chi connectivity index (χ2v) is 5.23. The molecule has 0 spiro atoms. The number of amides is 1. The highest BCUT2D eigenvalue weighted by Gasteiger charge is 2.13. The number of carbonyl (C=O) groups is 1. The molecule has 4 nitrogen and oxygen atoms in total. The maximum atomic E-state index is 11.6. The second kappa shape index (κ2) is 5.87. The largest absolute Gasteiger partial charge is 0.467 e. The number of hydrogen-bond donors (Lipinski definition) is 2. The van der Waals surface area contributed by atoms with Gasteiger partial charge in [-0.15, -0.1) is 0 Å². The average Bonchev–Trinajstić information content (AvgIpc) is 2.67. The molecular formula is C13H22N2O2. The summed E-state index contributed by atoms with van der Waals surface area (Å²) in [6.07, 6.45) is 2.08. The van der Waals surface area contributed by atoms with Crippen molar-refractivity contribution in [2.75, 3.05) is 6.54 Å². The zero-order chi connectivity index (χ0) is 12.9. The van der Waals surface area contributed by atoms with Crippen LogP contribution >= 0.6 is 0 Å². The van der Waals surface area contributed by atoms with Crippen molar-refractivity contribution in [3.8, 4) is 0 Å². The fourth-order valence-corrected chi connectivity index (χ4v) is 1.47. The van der Waals surface area contributed by atoms with Gasteiger partial charge in [0.2, 0.25) is 5.91 Å². The van der Waals surface area contributed by atoms with E-state index in [9.17, 15) is 4.79 Å². The van der Waals surface area contributed by atoms with Crippen molar-refractivity contribution < 1.29 is 9.21 Å². The van der Waals surface area contributed by atoms with Crippen LogP contribution in [0.5, 0.6) is 0 Å². The lowest BCUT2D eigenvalue weighted by Crippen LogP contribution is -2.38. The Morgan fingerprint density at radius 2 is 2.18 bits per heavy atom. The minimum atomic E-state index is -0.0767. The molecule has 1 aromatic heterocycles. The van der Waals surface area contributed by atoms with Crippen molar-refractivity contribution in [2.24, 2.45) is 0 Å². The molecule has 0 aliphatic rings. The molecule has 0 unspecified atom stereocenters. The highest BCUT2D eigenvalue weighted by molar-refractivity contribution is 5.76. The minimum Gasteiger partial charge on any atom is -0.467 e. The molecule has 0 fully saturated rings. The first-order valence-electron chi connectivity index (χ1n) is 5.96. The first-order valence-corrected chi connectivity index (χ1v) is 5.96. The topological polar surface area (TPSA) is 54.3 Å². The molecule has 1 rings (SSSR count). The Bertz CT molecular complexity index is 339. The number of furan rings is 1. The zero-order valence-corrected chi connectivity index (χ0v) is 11.0. The second-order valence-electron chi connectivity index (χ2n) is 5.23. The van der Waals surface area contributed by atoms with Crippen molar-refractivity contribution in [2.45, 2.75) is 45.7 Å². The Balaban J connectivity index is 2.26. The molecule has 0 aliphatic carbocycles. The SMILES string of the molecule is C[C@@H](NC(=O)CCNC(C)(C)C)c1ccco1. The predicted octanol–water partition coefficient (Wildman–Crippen LogP) is 2.23. The summed E-state index contributed by atoms with van der Waals surface area (Å²) < 4.78 is 5.22. The van der Waals surface area contributed by atoms with Gasteiger partial charge >= 0.3 is 0 Å². The average molecular weight is 238 g/mol. The molecule has 0 saturated carbocycles. The number of hydrogen-bond acceptors (Lipinski definition) is 3. The van der Waals surface area contributed by atoms with Crippen LogP contribution in [0.1, 0.15) is 45.9 Å². The highest BCUT2D eigenvalue weighted by Crippen LogP contribution is 2.12. The molecule has 0 bridgehead atoms. The summed E-state index contributed by atoms with van der Waals surface area (Å²) in [6, 6.07) is 3.60. The van der Waals surface area contributed by atoms with E-state index in [-0.39, 0.29) is 17.5 Å². The van der Waals surface area contributed by atoms with E-state index in [1.165, 1.54) is 0 Å². The molecule has 2 N–H and O–H groups in total. The van der Waals surface area contributed by atoms with Gasteiger partial charge in [-0.2, -0.15) is 0 Å². The fraction of sp³-hybridized carbons (Fsp3) is 0.615. The molecule has 1 atom stereocenters. The van der Waals surface area contributed by atoms with Crippen LogP contribution in [0.4, 0.5) is 0 Å². The summed E-state index contributed by atoms with van der Waals surface area (Å²) in [4.78, 5) is 11.6. The third kappa shape index (κ3) is 5.54. The van der Waals surface area contributed by atoms with Gasteiger partial charge in [-0.1, -0.05) is 0 Å². The van der Waals surface area contributed by atoms with Crippen molar-refractivity contribution >= 4 is 5.91 Å². The molecule has 0 saturated heterocycles. The zero-order valence-electron chi connectivity index (χ0n) is 11.0. The normalized spacial score (nSPS) is 13.4. The Labute approximate surface area is 103 Å². The van der Waals surface area contributed by atoms with Gasteiger partial charge in [0, 0.05) is 18.5 Å². The first-order chi connectivity index (χ1) is 7.88. The Hall–Kier alpha value is -1.29. The van der Waals surface area contributed by atoms with E-state index in [1.54, 1.807) is 6.26 Å². The van der Waals surface area contributed by atoms with Gasteiger partial charge in [0.25, 0.3) is 0 Å². The monoisotopic (exact) mass is 238 g/mol. The summed E-state index contributed by atoms with van der Waals surface area (Å²) in [7, 11) is 0. The van der Waals surface area contributed by atoms with E-state index >= 15 is 0 Å². The predicted molar refractivity (Wildman–Crippen MR) is 67.6 cm³/mol. The third-order valence-corrected chi connectivity index (χ3v) is 2.35. The van der Waals surface area contributed by atoms with Crippen molar-refractivity contribution in [3.63, 3.8) is 0 Å². The molecular weight excluding hydrogens is 216 g/mol. The van der Waals surface area contributed by atoms with E-state index < -0.39 is 0 Å². The van der Waals surface area contributed by atoms with Crippen LogP contribution in [0, 0.1) is 0 Å². The lowest BCUT2D eigenvalue weighted by atomic mass is 10.1. The fourth-order valence-electron chi connectivity index (χ4n) is 1.47. The summed E-state index contributed by atoms with van der Waals surface area (Å²) in [6.45, 7) is 8.83. The first kappa shape index (κ1) is 13.8. The van der Waals surface area contributed by atoms with Crippen LogP contribution in [-0.4, -0.2) is 18.0 Å². The van der Waals surface area contributed by atoms with Crippen LogP contribution in [0.25, 0.3) is 0 Å². The Kier molecular flexibility index (Phi) is 4.75.